The molecule has 0 aliphatic heterocycles. The van der Waals surface area contributed by atoms with Gasteiger partial charge in [0.25, 0.3) is 5.91 Å². The molecule has 3 aromatic rings. The maximum absolute atomic E-state index is 12.5. The Morgan fingerprint density at radius 2 is 1.57 bits per heavy atom. The average molecular weight is 416 g/mol. The van der Waals surface area contributed by atoms with Crippen LogP contribution in [0.5, 0.6) is 0 Å². The van der Waals surface area contributed by atoms with Crippen LogP contribution in [-0.2, 0) is 0 Å². The third-order valence-electron chi connectivity index (χ3n) is 4.26. The van der Waals surface area contributed by atoms with E-state index in [9.17, 15) is 9.59 Å². The van der Waals surface area contributed by atoms with Crippen LogP contribution in [0.1, 0.15) is 45.6 Å². The number of amides is 2. The van der Waals surface area contributed by atoms with Crippen LogP contribution in [0.3, 0.4) is 0 Å². The number of nitrogens with one attached hydrogen (secondary N) is 2. The molecule has 2 amide bonds. The van der Waals surface area contributed by atoms with Crippen molar-refractivity contribution in [1.29, 1.82) is 0 Å². The maximum atomic E-state index is 12.5. The fourth-order valence-corrected chi connectivity index (χ4v) is 3.30. The number of carbonyl (C=O) groups is 2. The predicted octanol–water partition coefficient (Wildman–Crippen LogP) is 3.53. The van der Waals surface area contributed by atoms with Gasteiger partial charge in [0.05, 0.1) is 21.3 Å². The molecule has 4 rings (SSSR count). The molecule has 28 heavy (non-hydrogen) atoms. The molecule has 1 heterocycles. The Labute approximate surface area is 170 Å². The van der Waals surface area contributed by atoms with Crippen molar-refractivity contribution in [3.05, 3.63) is 75.8 Å². The van der Waals surface area contributed by atoms with Crippen LogP contribution in [-0.4, -0.2) is 26.6 Å². The molecule has 0 radical (unpaired) electrons. The van der Waals surface area contributed by atoms with E-state index in [1.54, 1.807) is 10.7 Å². The van der Waals surface area contributed by atoms with Crippen molar-refractivity contribution in [2.45, 2.75) is 18.8 Å². The number of aromatic nitrogens is 3. The first-order valence-corrected chi connectivity index (χ1v) is 9.37. The van der Waals surface area contributed by atoms with E-state index in [-0.39, 0.29) is 27.4 Å². The predicted molar refractivity (Wildman–Crippen MR) is 105 cm³/mol. The highest BCUT2D eigenvalue weighted by Gasteiger charge is 2.31. The molecule has 1 fully saturated rings. The number of hydrogen-bond donors (Lipinski definition) is 2. The Kier molecular flexibility index (Phi) is 5.02. The summed E-state index contributed by atoms with van der Waals surface area (Å²) in [7, 11) is 0. The monoisotopic (exact) mass is 415 g/mol. The van der Waals surface area contributed by atoms with Crippen LogP contribution in [0.15, 0.2) is 48.5 Å². The second-order valence-corrected chi connectivity index (χ2v) is 7.13. The zero-order chi connectivity index (χ0) is 19.7. The lowest BCUT2D eigenvalue weighted by Crippen LogP contribution is -2.42. The number of halogens is 2. The molecule has 2 aromatic carbocycles. The molecule has 0 unspecified atom stereocenters. The summed E-state index contributed by atoms with van der Waals surface area (Å²) < 4.78 is 1.67. The fraction of sp³-hybridized carbons (Fsp3) is 0.158. The van der Waals surface area contributed by atoms with Crippen LogP contribution in [0.25, 0.3) is 5.69 Å². The lowest BCUT2D eigenvalue weighted by Gasteiger charge is -2.08. The van der Waals surface area contributed by atoms with Gasteiger partial charge in [-0.15, -0.1) is 5.10 Å². The third-order valence-corrected chi connectivity index (χ3v) is 4.89. The van der Waals surface area contributed by atoms with Gasteiger partial charge in [0, 0.05) is 5.92 Å². The van der Waals surface area contributed by atoms with E-state index in [1.807, 2.05) is 30.3 Å². The molecule has 1 saturated carbocycles. The smallest absolute Gasteiger partial charge is 0.267 e. The summed E-state index contributed by atoms with van der Waals surface area (Å²) in [5.74, 6) is -0.277. The molecule has 1 aliphatic carbocycles. The van der Waals surface area contributed by atoms with Gasteiger partial charge in [-0.25, -0.2) is 9.67 Å². The topological polar surface area (TPSA) is 88.9 Å². The SMILES string of the molecule is O=C(NNC(=O)c1c(Cl)cccc1Cl)c1nc(C2CC2)n(-c2ccccc2)n1. The van der Waals surface area contributed by atoms with Gasteiger partial charge in [-0.3, -0.25) is 20.4 Å². The average Bonchev–Trinajstić information content (AvgIpc) is 3.44. The summed E-state index contributed by atoms with van der Waals surface area (Å²) in [5, 5.41) is 4.68. The van der Waals surface area contributed by atoms with Gasteiger partial charge in [0.1, 0.15) is 5.82 Å². The minimum Gasteiger partial charge on any atom is -0.267 e. The number of para-hydroxylation sites is 1. The van der Waals surface area contributed by atoms with E-state index in [0.29, 0.717) is 0 Å². The minimum atomic E-state index is -0.631. The van der Waals surface area contributed by atoms with Gasteiger partial charge in [-0.05, 0) is 37.1 Å². The van der Waals surface area contributed by atoms with Crippen molar-refractivity contribution in [3.63, 3.8) is 0 Å². The van der Waals surface area contributed by atoms with Crippen LogP contribution >= 0.6 is 23.2 Å². The summed E-state index contributed by atoms with van der Waals surface area (Å²) >= 11 is 12.0. The van der Waals surface area contributed by atoms with Crippen molar-refractivity contribution in [1.82, 2.24) is 25.6 Å². The summed E-state index contributed by atoms with van der Waals surface area (Å²) in [6.07, 6.45) is 2.02. The van der Waals surface area contributed by atoms with E-state index in [1.165, 1.54) is 12.1 Å². The molecular weight excluding hydrogens is 401 g/mol. The lowest BCUT2D eigenvalue weighted by molar-refractivity contribution is 0.0841. The van der Waals surface area contributed by atoms with E-state index < -0.39 is 11.8 Å². The van der Waals surface area contributed by atoms with E-state index in [2.05, 4.69) is 20.9 Å². The summed E-state index contributed by atoms with van der Waals surface area (Å²) in [4.78, 5) is 29.1. The number of carbonyl (C=O) groups excluding carboxylic acids is 2. The molecule has 1 aliphatic rings. The number of benzene rings is 2. The zero-order valence-electron chi connectivity index (χ0n) is 14.5. The first kappa shape index (κ1) is 18.5. The van der Waals surface area contributed by atoms with E-state index >= 15 is 0 Å². The minimum absolute atomic E-state index is 0.0312. The van der Waals surface area contributed by atoms with Gasteiger partial charge in [-0.2, -0.15) is 0 Å². The number of hydrazine groups is 1. The molecule has 0 spiro atoms. The molecule has 0 bridgehead atoms. The first-order valence-electron chi connectivity index (χ1n) is 8.61. The molecule has 0 saturated heterocycles. The van der Waals surface area contributed by atoms with Crippen LogP contribution in [0, 0.1) is 0 Å². The molecule has 9 heteroatoms. The normalized spacial score (nSPS) is 13.2. The van der Waals surface area contributed by atoms with Gasteiger partial charge < -0.3 is 0 Å². The second kappa shape index (κ2) is 7.61. The lowest BCUT2D eigenvalue weighted by atomic mass is 10.2. The summed E-state index contributed by atoms with van der Waals surface area (Å²) in [6.45, 7) is 0. The van der Waals surface area contributed by atoms with Crippen molar-refractivity contribution < 1.29 is 9.59 Å². The largest absolute Gasteiger partial charge is 0.309 e. The Balaban J connectivity index is 1.52. The molecule has 1 aromatic heterocycles. The fourth-order valence-electron chi connectivity index (χ4n) is 2.73. The number of rotatable bonds is 4. The van der Waals surface area contributed by atoms with Gasteiger partial charge in [0.15, 0.2) is 0 Å². The number of nitrogens with zero attached hydrogens (tertiary/aromatic N) is 3. The summed E-state index contributed by atoms with van der Waals surface area (Å²) in [5.41, 5.74) is 5.50. The molecule has 142 valence electrons. The van der Waals surface area contributed by atoms with Crippen molar-refractivity contribution in [2.24, 2.45) is 0 Å². The first-order chi connectivity index (χ1) is 13.5. The third kappa shape index (κ3) is 3.72. The highest BCUT2D eigenvalue weighted by molar-refractivity contribution is 6.39. The van der Waals surface area contributed by atoms with Gasteiger partial charge in [0.2, 0.25) is 5.82 Å². The Morgan fingerprint density at radius 1 is 0.929 bits per heavy atom. The highest BCUT2D eigenvalue weighted by atomic mass is 35.5. The highest BCUT2D eigenvalue weighted by Crippen LogP contribution is 2.39. The van der Waals surface area contributed by atoms with Crippen LogP contribution < -0.4 is 10.9 Å². The molecule has 2 N–H and O–H groups in total. The van der Waals surface area contributed by atoms with Crippen molar-refractivity contribution in [2.75, 3.05) is 0 Å². The van der Waals surface area contributed by atoms with Crippen LogP contribution in [0.4, 0.5) is 0 Å². The maximum Gasteiger partial charge on any atom is 0.309 e. The van der Waals surface area contributed by atoms with E-state index in [4.69, 9.17) is 23.2 Å². The van der Waals surface area contributed by atoms with Crippen molar-refractivity contribution in [3.8, 4) is 5.69 Å². The Morgan fingerprint density at radius 3 is 2.21 bits per heavy atom. The zero-order valence-corrected chi connectivity index (χ0v) is 16.0. The van der Waals surface area contributed by atoms with Gasteiger partial charge in [-0.1, -0.05) is 47.5 Å². The molecule has 0 atom stereocenters. The molecular formula is C19H15Cl2N5O2. The number of hydrogen-bond acceptors (Lipinski definition) is 4. The summed E-state index contributed by atoms with van der Waals surface area (Å²) in [6, 6.07) is 14.2. The quantitative estimate of drug-likeness (QED) is 0.637. The van der Waals surface area contributed by atoms with Crippen LogP contribution in [0.2, 0.25) is 10.0 Å². The molecule has 7 nitrogen and oxygen atoms in total. The van der Waals surface area contributed by atoms with E-state index in [0.717, 1.165) is 24.4 Å². The second-order valence-electron chi connectivity index (χ2n) is 6.32. The Bertz CT molecular complexity index is 1030. The Hall–Kier alpha value is -2.90. The van der Waals surface area contributed by atoms with Crippen molar-refractivity contribution >= 4 is 35.0 Å². The standard InChI is InChI=1S/C19H15Cl2N5O2/c20-13-7-4-8-14(21)15(13)18(27)23-24-19(28)16-22-17(11-9-10-11)26(25-16)12-5-2-1-3-6-12/h1-8,11H,9-10H2,(H,23,27)(H,24,28). The van der Waals surface area contributed by atoms with Gasteiger partial charge >= 0.3 is 5.91 Å².